The van der Waals surface area contributed by atoms with Gasteiger partial charge in [-0.3, -0.25) is 9.59 Å². The van der Waals surface area contributed by atoms with Crippen molar-refractivity contribution in [3.8, 4) is 5.75 Å². The van der Waals surface area contributed by atoms with Crippen LogP contribution in [0.15, 0.2) is 36.9 Å². The highest BCUT2D eigenvalue weighted by Crippen LogP contribution is 2.12. The number of benzene rings is 1. The highest BCUT2D eigenvalue weighted by atomic mass is 16.5. The molecule has 0 atom stereocenters. The summed E-state index contributed by atoms with van der Waals surface area (Å²) < 4.78 is 5.38. The van der Waals surface area contributed by atoms with Gasteiger partial charge in [-0.2, -0.15) is 0 Å². The van der Waals surface area contributed by atoms with E-state index in [4.69, 9.17) is 4.74 Å². The molecule has 0 saturated carbocycles. The molecule has 0 radical (unpaired) electrons. The summed E-state index contributed by atoms with van der Waals surface area (Å²) in [6, 6.07) is 6.87. The lowest BCUT2D eigenvalue weighted by atomic mass is 10.1. The normalized spacial score (nSPS) is 9.47. The number of amides is 1. The SMILES string of the molecule is C=CC(=O)NCCOc1ccc(C(C)=O)cc1. The zero-order valence-corrected chi connectivity index (χ0v) is 9.73. The van der Waals surface area contributed by atoms with Crippen LogP contribution in [0.3, 0.4) is 0 Å². The van der Waals surface area contributed by atoms with E-state index in [2.05, 4.69) is 11.9 Å². The Morgan fingerprint density at radius 2 is 2.00 bits per heavy atom. The zero-order valence-electron chi connectivity index (χ0n) is 9.73. The summed E-state index contributed by atoms with van der Waals surface area (Å²) in [5, 5.41) is 2.60. The Morgan fingerprint density at radius 3 is 2.53 bits per heavy atom. The number of rotatable bonds is 6. The van der Waals surface area contributed by atoms with Gasteiger partial charge in [0.1, 0.15) is 12.4 Å². The topological polar surface area (TPSA) is 55.4 Å². The van der Waals surface area contributed by atoms with Gasteiger partial charge in [-0.15, -0.1) is 0 Å². The molecule has 0 unspecified atom stereocenters. The van der Waals surface area contributed by atoms with Gasteiger partial charge in [-0.05, 0) is 37.3 Å². The molecule has 1 rings (SSSR count). The molecule has 0 aliphatic carbocycles. The second-order valence-electron chi connectivity index (χ2n) is 3.42. The fourth-order valence-corrected chi connectivity index (χ4v) is 1.20. The lowest BCUT2D eigenvalue weighted by molar-refractivity contribution is -0.116. The van der Waals surface area contributed by atoms with Crippen molar-refractivity contribution in [3.05, 3.63) is 42.5 Å². The molecule has 17 heavy (non-hydrogen) atoms. The van der Waals surface area contributed by atoms with Crippen LogP contribution in [0.2, 0.25) is 0 Å². The molecular weight excluding hydrogens is 218 g/mol. The van der Waals surface area contributed by atoms with Gasteiger partial charge in [0.15, 0.2) is 5.78 Å². The molecule has 90 valence electrons. The van der Waals surface area contributed by atoms with Crippen LogP contribution in [-0.4, -0.2) is 24.8 Å². The standard InChI is InChI=1S/C13H15NO3/c1-3-13(16)14-8-9-17-12-6-4-11(5-7-12)10(2)15/h3-7H,1,8-9H2,2H3,(H,14,16). The average Bonchev–Trinajstić information content (AvgIpc) is 2.34. The first-order chi connectivity index (χ1) is 8.13. The highest BCUT2D eigenvalue weighted by molar-refractivity contribution is 5.94. The molecule has 0 aliphatic rings. The predicted octanol–water partition coefficient (Wildman–Crippen LogP) is 1.57. The summed E-state index contributed by atoms with van der Waals surface area (Å²) in [6.45, 7) is 5.64. The number of hydrogen-bond donors (Lipinski definition) is 1. The van der Waals surface area contributed by atoms with Crippen molar-refractivity contribution < 1.29 is 14.3 Å². The first kappa shape index (κ1) is 13.0. The van der Waals surface area contributed by atoms with Crippen LogP contribution < -0.4 is 10.1 Å². The van der Waals surface area contributed by atoms with E-state index in [0.29, 0.717) is 24.5 Å². The number of hydrogen-bond acceptors (Lipinski definition) is 3. The lowest BCUT2D eigenvalue weighted by Crippen LogP contribution is -2.26. The summed E-state index contributed by atoms with van der Waals surface area (Å²) >= 11 is 0. The van der Waals surface area contributed by atoms with E-state index in [0.717, 1.165) is 0 Å². The van der Waals surface area contributed by atoms with Crippen LogP contribution >= 0.6 is 0 Å². The van der Waals surface area contributed by atoms with Gasteiger partial charge >= 0.3 is 0 Å². The summed E-state index contributed by atoms with van der Waals surface area (Å²) in [4.78, 5) is 21.8. The van der Waals surface area contributed by atoms with E-state index in [-0.39, 0.29) is 11.7 Å². The van der Waals surface area contributed by atoms with Crippen LogP contribution in [0.5, 0.6) is 5.75 Å². The molecule has 1 aromatic rings. The van der Waals surface area contributed by atoms with Crippen molar-refractivity contribution in [1.29, 1.82) is 0 Å². The van der Waals surface area contributed by atoms with Crippen LogP contribution in [-0.2, 0) is 4.79 Å². The Kier molecular flexibility index (Phi) is 4.94. The van der Waals surface area contributed by atoms with Crippen molar-refractivity contribution in [3.63, 3.8) is 0 Å². The summed E-state index contributed by atoms with van der Waals surface area (Å²) in [5.74, 6) is 0.471. The Bertz CT molecular complexity index is 409. The average molecular weight is 233 g/mol. The van der Waals surface area contributed by atoms with Gasteiger partial charge < -0.3 is 10.1 Å². The molecule has 0 spiro atoms. The minimum atomic E-state index is -0.222. The summed E-state index contributed by atoms with van der Waals surface area (Å²) in [7, 11) is 0. The Labute approximate surface area is 100 Å². The van der Waals surface area contributed by atoms with Gasteiger partial charge in [-0.1, -0.05) is 6.58 Å². The lowest BCUT2D eigenvalue weighted by Gasteiger charge is -2.06. The number of nitrogens with one attached hydrogen (secondary N) is 1. The summed E-state index contributed by atoms with van der Waals surface area (Å²) in [5.41, 5.74) is 0.650. The maximum atomic E-state index is 11.0. The third-order valence-electron chi connectivity index (χ3n) is 2.12. The number of carbonyl (C=O) groups is 2. The molecule has 1 aromatic carbocycles. The molecule has 1 N–H and O–H groups in total. The van der Waals surface area contributed by atoms with E-state index >= 15 is 0 Å². The van der Waals surface area contributed by atoms with Crippen molar-refractivity contribution in [2.75, 3.05) is 13.2 Å². The number of Topliss-reactive ketones (excluding diaryl/α,β-unsaturated/α-hetero) is 1. The van der Waals surface area contributed by atoms with Gasteiger partial charge in [0, 0.05) is 5.56 Å². The fraction of sp³-hybridized carbons (Fsp3) is 0.231. The molecule has 4 heteroatoms. The molecule has 0 heterocycles. The van der Waals surface area contributed by atoms with Crippen LogP contribution in [0.4, 0.5) is 0 Å². The molecule has 0 fully saturated rings. The molecular formula is C13H15NO3. The molecule has 0 saturated heterocycles. The van der Waals surface area contributed by atoms with Crippen LogP contribution in [0.25, 0.3) is 0 Å². The first-order valence-corrected chi connectivity index (χ1v) is 5.27. The quantitative estimate of drug-likeness (QED) is 0.461. The van der Waals surface area contributed by atoms with E-state index in [1.165, 1.54) is 13.0 Å². The third-order valence-corrected chi connectivity index (χ3v) is 2.12. The fourth-order valence-electron chi connectivity index (χ4n) is 1.20. The Balaban J connectivity index is 2.35. The van der Waals surface area contributed by atoms with Crippen LogP contribution in [0.1, 0.15) is 17.3 Å². The first-order valence-electron chi connectivity index (χ1n) is 5.27. The van der Waals surface area contributed by atoms with Crippen molar-refractivity contribution in [2.24, 2.45) is 0 Å². The zero-order chi connectivity index (χ0) is 12.7. The van der Waals surface area contributed by atoms with Crippen molar-refractivity contribution >= 4 is 11.7 Å². The second-order valence-corrected chi connectivity index (χ2v) is 3.42. The minimum Gasteiger partial charge on any atom is -0.492 e. The van der Waals surface area contributed by atoms with Gasteiger partial charge in [0.2, 0.25) is 5.91 Å². The van der Waals surface area contributed by atoms with Gasteiger partial charge in [-0.25, -0.2) is 0 Å². The third kappa shape index (κ3) is 4.51. The number of carbonyl (C=O) groups excluding carboxylic acids is 2. The molecule has 0 bridgehead atoms. The van der Waals surface area contributed by atoms with E-state index < -0.39 is 0 Å². The van der Waals surface area contributed by atoms with Crippen molar-refractivity contribution in [1.82, 2.24) is 5.32 Å². The van der Waals surface area contributed by atoms with Gasteiger partial charge in [0.25, 0.3) is 0 Å². The van der Waals surface area contributed by atoms with Crippen molar-refractivity contribution in [2.45, 2.75) is 6.92 Å². The predicted molar refractivity (Wildman–Crippen MR) is 65.1 cm³/mol. The molecule has 0 aromatic heterocycles. The smallest absolute Gasteiger partial charge is 0.243 e. The Morgan fingerprint density at radius 1 is 1.35 bits per heavy atom. The number of ether oxygens (including phenoxy) is 1. The molecule has 4 nitrogen and oxygen atoms in total. The van der Waals surface area contributed by atoms with E-state index in [1.807, 2.05) is 0 Å². The van der Waals surface area contributed by atoms with E-state index in [9.17, 15) is 9.59 Å². The van der Waals surface area contributed by atoms with E-state index in [1.54, 1.807) is 24.3 Å². The maximum Gasteiger partial charge on any atom is 0.243 e. The monoisotopic (exact) mass is 233 g/mol. The number of ketones is 1. The molecule has 0 aliphatic heterocycles. The second kappa shape index (κ2) is 6.48. The highest BCUT2D eigenvalue weighted by Gasteiger charge is 1.99. The Hall–Kier alpha value is -2.10. The molecule has 1 amide bonds. The largest absolute Gasteiger partial charge is 0.492 e. The summed E-state index contributed by atoms with van der Waals surface area (Å²) in [6.07, 6.45) is 1.21. The minimum absolute atomic E-state index is 0.0230. The van der Waals surface area contributed by atoms with Gasteiger partial charge in [0.05, 0.1) is 6.54 Å². The maximum absolute atomic E-state index is 11.0. The van der Waals surface area contributed by atoms with Crippen LogP contribution in [0, 0.1) is 0 Å².